The van der Waals surface area contributed by atoms with E-state index in [0.29, 0.717) is 6.54 Å². The number of H-pyrrole nitrogens is 1. The molecule has 0 saturated carbocycles. The van der Waals surface area contributed by atoms with Gasteiger partial charge in [-0.1, -0.05) is 0 Å². The minimum absolute atomic E-state index is 0.220. The van der Waals surface area contributed by atoms with Gasteiger partial charge in [0.15, 0.2) is 0 Å². The Morgan fingerprint density at radius 1 is 1.50 bits per heavy atom. The topological polar surface area (TPSA) is 74.9 Å². The van der Waals surface area contributed by atoms with Crippen LogP contribution in [0.1, 0.15) is 5.69 Å². The minimum atomic E-state index is 0.220. The van der Waals surface area contributed by atoms with E-state index in [4.69, 9.17) is 10.8 Å². The number of hydrogen-bond donors (Lipinski definition) is 3. The van der Waals surface area contributed by atoms with Gasteiger partial charge in [0.05, 0.1) is 11.2 Å². The van der Waals surface area contributed by atoms with Crippen molar-refractivity contribution in [3.05, 3.63) is 23.9 Å². The zero-order valence-electron chi connectivity index (χ0n) is 6.41. The fraction of sp³-hybridized carbons (Fsp3) is 0.125. The Labute approximate surface area is 69.0 Å². The molecule has 0 saturated heterocycles. The number of nitrogens with one attached hydrogen (secondary N) is 1. The summed E-state index contributed by atoms with van der Waals surface area (Å²) < 4.78 is 0. The number of phenolic OH excluding ortho intramolecular Hbond substituents is 1. The Morgan fingerprint density at radius 2 is 2.33 bits per heavy atom. The smallest absolute Gasteiger partial charge is 0.117 e. The molecule has 0 aliphatic rings. The highest BCUT2D eigenvalue weighted by molar-refractivity contribution is 5.82. The van der Waals surface area contributed by atoms with Gasteiger partial charge in [-0.05, 0) is 12.1 Å². The number of fused-ring (bicyclic) bond motifs is 1. The number of nitrogens with two attached hydrogens (primary N) is 1. The maximum Gasteiger partial charge on any atom is 0.117 e. The van der Waals surface area contributed by atoms with E-state index in [1.54, 1.807) is 18.2 Å². The Balaban J connectivity index is 2.73. The number of phenols is 1. The Hall–Kier alpha value is -1.55. The summed E-state index contributed by atoms with van der Waals surface area (Å²) in [6, 6.07) is 5.03. The number of hydrogen-bond acceptors (Lipinski definition) is 3. The SMILES string of the molecule is NCc1[nH]nc2cc(O)ccc12. The van der Waals surface area contributed by atoms with Crippen molar-refractivity contribution in [2.45, 2.75) is 6.54 Å². The van der Waals surface area contributed by atoms with Gasteiger partial charge in [0.1, 0.15) is 5.75 Å². The first-order chi connectivity index (χ1) is 5.81. The zero-order chi connectivity index (χ0) is 8.55. The average Bonchev–Trinajstić information content (AvgIpc) is 2.46. The normalized spacial score (nSPS) is 10.8. The number of benzene rings is 1. The minimum Gasteiger partial charge on any atom is -0.508 e. The molecule has 2 aromatic rings. The predicted octanol–water partition coefficient (Wildman–Crippen LogP) is 0.727. The molecule has 1 heterocycles. The Bertz CT molecular complexity index is 408. The highest BCUT2D eigenvalue weighted by Gasteiger charge is 2.02. The molecular formula is C8H9N3O. The molecule has 4 N–H and O–H groups in total. The van der Waals surface area contributed by atoms with Crippen molar-refractivity contribution in [2.24, 2.45) is 5.73 Å². The summed E-state index contributed by atoms with van der Waals surface area (Å²) in [4.78, 5) is 0. The van der Waals surface area contributed by atoms with Crippen molar-refractivity contribution in [3.8, 4) is 5.75 Å². The first kappa shape index (κ1) is 7.12. The van der Waals surface area contributed by atoms with Crippen molar-refractivity contribution >= 4 is 10.9 Å². The second-order valence-corrected chi connectivity index (χ2v) is 2.61. The molecule has 0 atom stereocenters. The number of nitrogens with zero attached hydrogens (tertiary/aromatic N) is 1. The standard InChI is InChI=1S/C8H9N3O/c9-4-8-6-2-1-5(12)3-7(6)10-11-8/h1-3,12H,4,9H2,(H,10,11). The lowest BCUT2D eigenvalue weighted by molar-refractivity contribution is 0.476. The molecule has 4 heteroatoms. The summed E-state index contributed by atoms with van der Waals surface area (Å²) in [5, 5.41) is 16.9. The van der Waals surface area contributed by atoms with E-state index >= 15 is 0 Å². The van der Waals surface area contributed by atoms with Gasteiger partial charge in [0, 0.05) is 18.0 Å². The van der Waals surface area contributed by atoms with Crippen LogP contribution in [-0.2, 0) is 6.54 Å². The quantitative estimate of drug-likeness (QED) is 0.580. The van der Waals surface area contributed by atoms with Crippen LogP contribution in [0.25, 0.3) is 10.9 Å². The Kier molecular flexibility index (Phi) is 1.48. The predicted molar refractivity (Wildman–Crippen MR) is 45.6 cm³/mol. The van der Waals surface area contributed by atoms with E-state index in [2.05, 4.69) is 10.2 Å². The number of aromatic nitrogens is 2. The molecule has 0 aliphatic carbocycles. The van der Waals surface area contributed by atoms with Gasteiger partial charge in [-0.2, -0.15) is 5.10 Å². The van der Waals surface area contributed by atoms with Gasteiger partial charge in [0.25, 0.3) is 0 Å². The first-order valence-corrected chi connectivity index (χ1v) is 3.67. The molecule has 1 aromatic heterocycles. The van der Waals surface area contributed by atoms with Crippen molar-refractivity contribution in [1.29, 1.82) is 0 Å². The van der Waals surface area contributed by atoms with Gasteiger partial charge in [-0.15, -0.1) is 0 Å². The molecule has 0 unspecified atom stereocenters. The van der Waals surface area contributed by atoms with Crippen LogP contribution in [0.2, 0.25) is 0 Å². The van der Waals surface area contributed by atoms with E-state index in [-0.39, 0.29) is 5.75 Å². The van der Waals surface area contributed by atoms with Gasteiger partial charge >= 0.3 is 0 Å². The monoisotopic (exact) mass is 163 g/mol. The van der Waals surface area contributed by atoms with Crippen LogP contribution < -0.4 is 5.73 Å². The Morgan fingerprint density at radius 3 is 3.08 bits per heavy atom. The highest BCUT2D eigenvalue weighted by atomic mass is 16.3. The molecule has 0 amide bonds. The lowest BCUT2D eigenvalue weighted by atomic mass is 10.2. The summed E-state index contributed by atoms with van der Waals surface area (Å²) in [5.41, 5.74) is 7.10. The van der Waals surface area contributed by atoms with Gasteiger partial charge in [-0.3, -0.25) is 5.10 Å². The fourth-order valence-corrected chi connectivity index (χ4v) is 1.21. The molecule has 0 spiro atoms. The van der Waals surface area contributed by atoms with E-state index in [9.17, 15) is 0 Å². The second-order valence-electron chi connectivity index (χ2n) is 2.61. The van der Waals surface area contributed by atoms with Crippen molar-refractivity contribution in [1.82, 2.24) is 10.2 Å². The van der Waals surface area contributed by atoms with Crippen LogP contribution >= 0.6 is 0 Å². The number of rotatable bonds is 1. The molecule has 2 rings (SSSR count). The average molecular weight is 163 g/mol. The summed E-state index contributed by atoms with van der Waals surface area (Å²) >= 11 is 0. The lowest BCUT2D eigenvalue weighted by Crippen LogP contribution is -1.96. The van der Waals surface area contributed by atoms with E-state index in [1.165, 1.54) is 0 Å². The van der Waals surface area contributed by atoms with Crippen molar-refractivity contribution in [3.63, 3.8) is 0 Å². The van der Waals surface area contributed by atoms with Crippen LogP contribution in [0.3, 0.4) is 0 Å². The van der Waals surface area contributed by atoms with Crippen molar-refractivity contribution < 1.29 is 5.11 Å². The zero-order valence-corrected chi connectivity index (χ0v) is 6.41. The molecule has 0 aliphatic heterocycles. The van der Waals surface area contributed by atoms with E-state index < -0.39 is 0 Å². The third kappa shape index (κ3) is 0.931. The van der Waals surface area contributed by atoms with E-state index in [0.717, 1.165) is 16.6 Å². The first-order valence-electron chi connectivity index (χ1n) is 3.67. The van der Waals surface area contributed by atoms with Crippen LogP contribution in [0.4, 0.5) is 0 Å². The van der Waals surface area contributed by atoms with Gasteiger partial charge in [-0.25, -0.2) is 0 Å². The lowest BCUT2D eigenvalue weighted by Gasteiger charge is -1.92. The third-order valence-electron chi connectivity index (χ3n) is 1.82. The largest absolute Gasteiger partial charge is 0.508 e. The molecule has 0 fully saturated rings. The van der Waals surface area contributed by atoms with Crippen LogP contribution in [0.5, 0.6) is 5.75 Å². The van der Waals surface area contributed by atoms with Gasteiger partial charge in [0.2, 0.25) is 0 Å². The number of aromatic amines is 1. The van der Waals surface area contributed by atoms with Crippen molar-refractivity contribution in [2.75, 3.05) is 0 Å². The summed E-state index contributed by atoms with van der Waals surface area (Å²) in [6.45, 7) is 0.432. The summed E-state index contributed by atoms with van der Waals surface area (Å²) in [7, 11) is 0. The van der Waals surface area contributed by atoms with Crippen LogP contribution in [0.15, 0.2) is 18.2 Å². The summed E-state index contributed by atoms with van der Waals surface area (Å²) in [6.07, 6.45) is 0. The van der Waals surface area contributed by atoms with Crippen LogP contribution in [-0.4, -0.2) is 15.3 Å². The van der Waals surface area contributed by atoms with E-state index in [1.807, 2.05) is 0 Å². The molecule has 1 aromatic carbocycles. The molecule has 0 bridgehead atoms. The maximum absolute atomic E-state index is 9.13. The van der Waals surface area contributed by atoms with Crippen LogP contribution in [0, 0.1) is 0 Å². The highest BCUT2D eigenvalue weighted by Crippen LogP contribution is 2.19. The molecular weight excluding hydrogens is 154 g/mol. The maximum atomic E-state index is 9.13. The van der Waals surface area contributed by atoms with Gasteiger partial charge < -0.3 is 10.8 Å². The second kappa shape index (κ2) is 2.49. The fourth-order valence-electron chi connectivity index (χ4n) is 1.21. The molecule has 62 valence electrons. The molecule has 4 nitrogen and oxygen atoms in total. The molecule has 12 heavy (non-hydrogen) atoms. The third-order valence-corrected chi connectivity index (χ3v) is 1.82. The number of aromatic hydroxyl groups is 1. The summed E-state index contributed by atoms with van der Waals surface area (Å²) in [5.74, 6) is 0.220. The molecule has 0 radical (unpaired) electrons.